The van der Waals surface area contributed by atoms with Gasteiger partial charge in [-0.1, -0.05) is 0 Å². The lowest BCUT2D eigenvalue weighted by Gasteiger charge is -2.02. The van der Waals surface area contributed by atoms with Crippen molar-refractivity contribution in [2.24, 2.45) is 4.99 Å². The number of aryl methyl sites for hydroxylation is 1. The average molecular weight is 201 g/mol. The number of isocyanates is 1. The predicted octanol–water partition coefficient (Wildman–Crippen LogP) is 0.938. The van der Waals surface area contributed by atoms with Crippen LogP contribution in [0.3, 0.4) is 0 Å². The maximum atomic E-state index is 10.0. The largest absolute Gasteiger partial charge is 0.240 e. The standard InChI is InChI=1S/C9H7N5O/c1-7-4-8(11-6-15)5-10-9(7)14-12-2-3-13-14/h2-5H,1H3. The molecule has 0 unspecified atom stereocenters. The fourth-order valence-electron chi connectivity index (χ4n) is 1.20. The van der Waals surface area contributed by atoms with Crippen molar-refractivity contribution in [2.45, 2.75) is 6.92 Å². The molecule has 0 saturated carbocycles. The van der Waals surface area contributed by atoms with Crippen molar-refractivity contribution < 1.29 is 4.79 Å². The van der Waals surface area contributed by atoms with E-state index in [4.69, 9.17) is 0 Å². The van der Waals surface area contributed by atoms with Gasteiger partial charge in [-0.25, -0.2) is 9.78 Å². The van der Waals surface area contributed by atoms with Crippen molar-refractivity contribution in [3.8, 4) is 5.82 Å². The van der Waals surface area contributed by atoms with E-state index in [-0.39, 0.29) is 0 Å². The summed E-state index contributed by atoms with van der Waals surface area (Å²) in [6.07, 6.45) is 6.07. The van der Waals surface area contributed by atoms with Crippen LogP contribution >= 0.6 is 0 Å². The molecule has 0 amide bonds. The highest BCUT2D eigenvalue weighted by atomic mass is 16.1. The van der Waals surface area contributed by atoms with Gasteiger partial charge >= 0.3 is 0 Å². The van der Waals surface area contributed by atoms with Crippen molar-refractivity contribution in [2.75, 3.05) is 0 Å². The van der Waals surface area contributed by atoms with E-state index in [1.165, 1.54) is 17.1 Å². The molecule has 6 heteroatoms. The van der Waals surface area contributed by atoms with E-state index in [1.54, 1.807) is 18.5 Å². The maximum Gasteiger partial charge on any atom is 0.240 e. The van der Waals surface area contributed by atoms with E-state index in [1.807, 2.05) is 6.92 Å². The highest BCUT2D eigenvalue weighted by Gasteiger charge is 2.04. The number of rotatable bonds is 2. The Morgan fingerprint density at radius 3 is 2.73 bits per heavy atom. The molecular formula is C9H7N5O. The first-order valence-corrected chi connectivity index (χ1v) is 4.22. The molecule has 2 heterocycles. The summed E-state index contributed by atoms with van der Waals surface area (Å²) in [5.41, 5.74) is 1.31. The minimum absolute atomic E-state index is 0.471. The lowest BCUT2D eigenvalue weighted by molar-refractivity contribution is 0.565. The molecule has 15 heavy (non-hydrogen) atoms. The smallest absolute Gasteiger partial charge is 0.233 e. The van der Waals surface area contributed by atoms with E-state index < -0.39 is 0 Å². The topological polar surface area (TPSA) is 73.0 Å². The van der Waals surface area contributed by atoms with Crippen LogP contribution in [0, 0.1) is 6.92 Å². The molecule has 74 valence electrons. The molecule has 0 spiro atoms. The fourth-order valence-corrected chi connectivity index (χ4v) is 1.20. The van der Waals surface area contributed by atoms with Crippen LogP contribution in [0.25, 0.3) is 5.82 Å². The van der Waals surface area contributed by atoms with Gasteiger partial charge in [-0.05, 0) is 18.6 Å². The number of carbonyl (C=O) groups excluding carboxylic acids is 1. The van der Waals surface area contributed by atoms with Crippen LogP contribution in [-0.2, 0) is 4.79 Å². The molecule has 0 aliphatic rings. The summed E-state index contributed by atoms with van der Waals surface area (Å²) < 4.78 is 0. The summed E-state index contributed by atoms with van der Waals surface area (Å²) in [5.74, 6) is 0.616. The first-order valence-electron chi connectivity index (χ1n) is 4.22. The van der Waals surface area contributed by atoms with Gasteiger partial charge in [-0.3, -0.25) is 0 Å². The molecule has 0 N–H and O–H groups in total. The molecule has 6 nitrogen and oxygen atoms in total. The van der Waals surface area contributed by atoms with Crippen LogP contribution in [0.4, 0.5) is 5.69 Å². The van der Waals surface area contributed by atoms with Gasteiger partial charge in [0.2, 0.25) is 6.08 Å². The van der Waals surface area contributed by atoms with Crippen molar-refractivity contribution >= 4 is 11.8 Å². The SMILES string of the molecule is Cc1cc(N=C=O)cnc1-n1nccn1. The lowest BCUT2D eigenvalue weighted by atomic mass is 10.3. The summed E-state index contributed by atoms with van der Waals surface area (Å²) in [4.78, 5) is 19.0. The first kappa shape index (κ1) is 9.23. The highest BCUT2D eigenvalue weighted by molar-refractivity contribution is 5.50. The quantitative estimate of drug-likeness (QED) is 0.535. The zero-order valence-corrected chi connectivity index (χ0v) is 7.95. The van der Waals surface area contributed by atoms with Crippen LogP contribution in [0.5, 0.6) is 0 Å². The Morgan fingerprint density at radius 2 is 2.13 bits per heavy atom. The monoisotopic (exact) mass is 201 g/mol. The summed E-state index contributed by atoms with van der Waals surface area (Å²) >= 11 is 0. The van der Waals surface area contributed by atoms with E-state index in [9.17, 15) is 4.79 Å². The van der Waals surface area contributed by atoms with E-state index in [0.717, 1.165) is 5.56 Å². The average Bonchev–Trinajstić information content (AvgIpc) is 2.71. The van der Waals surface area contributed by atoms with Crippen molar-refractivity contribution in [1.82, 2.24) is 20.0 Å². The van der Waals surface area contributed by atoms with Gasteiger partial charge in [0.15, 0.2) is 5.82 Å². The number of hydrogen-bond donors (Lipinski definition) is 0. The minimum atomic E-state index is 0.471. The van der Waals surface area contributed by atoms with Gasteiger partial charge in [-0.2, -0.15) is 15.2 Å². The van der Waals surface area contributed by atoms with Crippen molar-refractivity contribution in [1.29, 1.82) is 0 Å². The molecule has 0 radical (unpaired) electrons. The van der Waals surface area contributed by atoms with Gasteiger partial charge in [0.05, 0.1) is 24.3 Å². The minimum Gasteiger partial charge on any atom is -0.233 e. The molecule has 0 saturated heterocycles. The normalized spacial score (nSPS) is 9.67. The molecule has 2 aromatic heterocycles. The zero-order valence-electron chi connectivity index (χ0n) is 7.95. The first-order chi connectivity index (χ1) is 7.31. The third-order valence-electron chi connectivity index (χ3n) is 1.82. The van der Waals surface area contributed by atoms with Crippen LogP contribution in [-0.4, -0.2) is 26.1 Å². The Hall–Kier alpha value is -2.33. The number of aliphatic imine (C=N–C) groups is 1. The van der Waals surface area contributed by atoms with Crippen LogP contribution in [0.1, 0.15) is 5.56 Å². The second kappa shape index (κ2) is 3.81. The third kappa shape index (κ3) is 1.79. The van der Waals surface area contributed by atoms with Gasteiger partial charge in [-0.15, -0.1) is 4.80 Å². The summed E-state index contributed by atoms with van der Waals surface area (Å²) in [7, 11) is 0. The Bertz CT molecular complexity index is 513. The maximum absolute atomic E-state index is 10.0. The number of nitrogens with zero attached hydrogens (tertiary/aromatic N) is 5. The molecule has 0 bridgehead atoms. The fraction of sp³-hybridized carbons (Fsp3) is 0.111. The molecule has 0 aliphatic heterocycles. The zero-order chi connectivity index (χ0) is 10.7. The van der Waals surface area contributed by atoms with Gasteiger partial charge < -0.3 is 0 Å². The van der Waals surface area contributed by atoms with Crippen LogP contribution < -0.4 is 0 Å². The predicted molar refractivity (Wildman–Crippen MR) is 51.7 cm³/mol. The second-order valence-electron chi connectivity index (χ2n) is 2.86. The molecule has 2 rings (SSSR count). The van der Waals surface area contributed by atoms with E-state index in [2.05, 4.69) is 20.2 Å². The Morgan fingerprint density at radius 1 is 1.40 bits per heavy atom. The second-order valence-corrected chi connectivity index (χ2v) is 2.86. The molecular weight excluding hydrogens is 194 g/mol. The van der Waals surface area contributed by atoms with Crippen molar-refractivity contribution in [3.63, 3.8) is 0 Å². The van der Waals surface area contributed by atoms with Crippen molar-refractivity contribution in [3.05, 3.63) is 30.2 Å². The number of hydrogen-bond acceptors (Lipinski definition) is 5. The summed E-state index contributed by atoms with van der Waals surface area (Å²) in [6.45, 7) is 1.84. The molecule has 0 atom stereocenters. The molecule has 0 fully saturated rings. The third-order valence-corrected chi connectivity index (χ3v) is 1.82. The van der Waals surface area contributed by atoms with Gasteiger partial charge in [0, 0.05) is 0 Å². The van der Waals surface area contributed by atoms with E-state index >= 15 is 0 Å². The van der Waals surface area contributed by atoms with Gasteiger partial charge in [0.1, 0.15) is 0 Å². The lowest BCUT2D eigenvalue weighted by Crippen LogP contribution is -2.03. The van der Waals surface area contributed by atoms with Crippen LogP contribution in [0.15, 0.2) is 29.6 Å². The molecule has 0 aromatic carbocycles. The highest BCUT2D eigenvalue weighted by Crippen LogP contribution is 2.15. The Balaban J connectivity index is 2.48. The Kier molecular flexibility index (Phi) is 2.35. The molecule has 0 aliphatic carbocycles. The number of pyridine rings is 1. The Labute approximate surface area is 85.3 Å². The van der Waals surface area contributed by atoms with Crippen LogP contribution in [0.2, 0.25) is 0 Å². The van der Waals surface area contributed by atoms with E-state index in [0.29, 0.717) is 11.5 Å². The summed E-state index contributed by atoms with van der Waals surface area (Å²) in [5, 5.41) is 7.92. The van der Waals surface area contributed by atoms with Gasteiger partial charge in [0.25, 0.3) is 0 Å². The molecule has 2 aromatic rings. The summed E-state index contributed by atoms with van der Waals surface area (Å²) in [6, 6.07) is 1.72. The number of aromatic nitrogens is 4.